The zero-order chi connectivity index (χ0) is 25.8. The molecule has 0 aliphatic rings. The molecule has 3 heteroatoms. The van der Waals surface area contributed by atoms with Crippen molar-refractivity contribution in [1.82, 2.24) is 0 Å². The van der Waals surface area contributed by atoms with Crippen LogP contribution in [0.5, 0.6) is 0 Å². The Morgan fingerprint density at radius 2 is 0.838 bits per heavy atom. The van der Waals surface area contributed by atoms with E-state index in [1.54, 1.807) is 0 Å². The molecule has 0 radical (unpaired) electrons. The number of benzene rings is 5. The Labute approximate surface area is 225 Å². The predicted molar refractivity (Wildman–Crippen MR) is 160 cm³/mol. The molecule has 0 bridgehead atoms. The van der Waals surface area contributed by atoms with Crippen LogP contribution in [0.3, 0.4) is 0 Å². The van der Waals surface area contributed by atoms with Crippen LogP contribution in [0.15, 0.2) is 133 Å². The van der Waals surface area contributed by atoms with Crippen LogP contribution in [0.2, 0.25) is 5.02 Å². The molecule has 0 amide bonds. The van der Waals surface area contributed by atoms with Gasteiger partial charge in [0.2, 0.25) is 0 Å². The van der Waals surface area contributed by atoms with E-state index in [2.05, 4.69) is 140 Å². The minimum atomic E-state index is -0.0551. The molecule has 0 aliphatic carbocycles. The van der Waals surface area contributed by atoms with Gasteiger partial charge in [-0.15, -0.1) is 0 Å². The highest BCUT2D eigenvalue weighted by molar-refractivity contribution is 6.30. The highest BCUT2D eigenvalue weighted by Crippen LogP contribution is 2.43. The smallest absolute Gasteiger partial charge is 0.0485 e. The molecule has 0 saturated heterocycles. The average Bonchev–Trinajstić information content (AvgIpc) is 2.90. The number of para-hydroxylation sites is 3. The van der Waals surface area contributed by atoms with Crippen LogP contribution in [0.4, 0.5) is 34.1 Å². The quantitative estimate of drug-likeness (QED) is 0.228. The van der Waals surface area contributed by atoms with Crippen LogP contribution in [0, 0.1) is 0 Å². The van der Waals surface area contributed by atoms with E-state index in [0.29, 0.717) is 5.02 Å². The third-order valence-corrected chi connectivity index (χ3v) is 6.63. The summed E-state index contributed by atoms with van der Waals surface area (Å²) in [6.45, 7) is 6.78. The maximum Gasteiger partial charge on any atom is 0.0485 e. The Hall–Kier alpha value is -4.01. The van der Waals surface area contributed by atoms with Crippen molar-refractivity contribution < 1.29 is 0 Å². The second-order valence-corrected chi connectivity index (χ2v) is 10.6. The Kier molecular flexibility index (Phi) is 7.03. The van der Waals surface area contributed by atoms with E-state index in [4.69, 9.17) is 11.6 Å². The summed E-state index contributed by atoms with van der Waals surface area (Å²) in [5, 5.41) is 0.709. The van der Waals surface area contributed by atoms with Gasteiger partial charge in [0.1, 0.15) is 0 Å². The number of anilines is 6. The minimum Gasteiger partial charge on any atom is -0.310 e. The molecular formula is C34H31ClN2. The molecule has 5 rings (SSSR count). The molecule has 0 aliphatic heterocycles. The van der Waals surface area contributed by atoms with E-state index in [9.17, 15) is 0 Å². The second-order valence-electron chi connectivity index (χ2n) is 10.1. The van der Waals surface area contributed by atoms with Crippen molar-refractivity contribution in [3.8, 4) is 0 Å². The third-order valence-electron chi connectivity index (χ3n) is 6.39. The molecule has 0 unspecified atom stereocenters. The Bertz CT molecular complexity index is 1420. The fraction of sp³-hybridized carbons (Fsp3) is 0.118. The van der Waals surface area contributed by atoms with Gasteiger partial charge in [-0.25, -0.2) is 0 Å². The normalized spacial score (nSPS) is 11.2. The van der Waals surface area contributed by atoms with Gasteiger partial charge in [0.15, 0.2) is 0 Å². The summed E-state index contributed by atoms with van der Waals surface area (Å²) in [5.41, 5.74) is 7.68. The topological polar surface area (TPSA) is 6.48 Å². The zero-order valence-electron chi connectivity index (χ0n) is 21.5. The van der Waals surface area contributed by atoms with Crippen molar-refractivity contribution in [3.05, 3.63) is 144 Å². The van der Waals surface area contributed by atoms with Gasteiger partial charge in [-0.3, -0.25) is 0 Å². The van der Waals surface area contributed by atoms with Gasteiger partial charge in [0, 0.05) is 39.1 Å². The number of hydrogen-bond donors (Lipinski definition) is 0. The monoisotopic (exact) mass is 502 g/mol. The van der Waals surface area contributed by atoms with Gasteiger partial charge in [-0.2, -0.15) is 0 Å². The summed E-state index contributed by atoms with van der Waals surface area (Å²) in [6.07, 6.45) is 0. The lowest BCUT2D eigenvalue weighted by atomic mass is 9.86. The summed E-state index contributed by atoms with van der Waals surface area (Å²) in [7, 11) is 0. The molecule has 0 fully saturated rings. The number of hydrogen-bond acceptors (Lipinski definition) is 2. The maximum absolute atomic E-state index is 6.47. The summed E-state index contributed by atoms with van der Waals surface area (Å²) >= 11 is 6.47. The summed E-state index contributed by atoms with van der Waals surface area (Å²) in [5.74, 6) is 0. The highest BCUT2D eigenvalue weighted by Gasteiger charge is 2.22. The second kappa shape index (κ2) is 10.5. The number of rotatable bonds is 6. The Morgan fingerprint density at radius 3 is 1.24 bits per heavy atom. The van der Waals surface area contributed by atoms with Gasteiger partial charge in [0.05, 0.1) is 0 Å². The Balaban J connectivity index is 1.77. The molecule has 0 saturated carbocycles. The lowest BCUT2D eigenvalue weighted by Crippen LogP contribution is -2.17. The maximum atomic E-state index is 6.47. The molecule has 5 aromatic carbocycles. The van der Waals surface area contributed by atoms with E-state index >= 15 is 0 Å². The molecule has 0 N–H and O–H groups in total. The molecule has 184 valence electrons. The highest BCUT2D eigenvalue weighted by atomic mass is 35.5. The van der Waals surface area contributed by atoms with Crippen molar-refractivity contribution >= 4 is 45.7 Å². The molecule has 37 heavy (non-hydrogen) atoms. The van der Waals surface area contributed by atoms with Gasteiger partial charge < -0.3 is 9.80 Å². The Morgan fingerprint density at radius 1 is 0.432 bits per heavy atom. The van der Waals surface area contributed by atoms with E-state index in [-0.39, 0.29) is 5.41 Å². The lowest BCUT2D eigenvalue weighted by Gasteiger charge is -2.32. The predicted octanol–water partition coefficient (Wildman–Crippen LogP) is 10.6. The van der Waals surface area contributed by atoms with Gasteiger partial charge in [-0.05, 0) is 83.8 Å². The number of nitrogens with zero attached hydrogens (tertiary/aromatic N) is 2. The van der Waals surface area contributed by atoms with Crippen molar-refractivity contribution in [1.29, 1.82) is 0 Å². The SMILES string of the molecule is CC(C)(C)c1cc(N(c2ccccc2)c2ccccc2)cc(N(c2ccccc2)c2cccc(Cl)c2)c1. The first kappa shape index (κ1) is 24.7. The number of halogens is 1. The van der Waals surface area contributed by atoms with Crippen LogP contribution in [-0.2, 0) is 5.41 Å². The van der Waals surface area contributed by atoms with Gasteiger partial charge in [0.25, 0.3) is 0 Å². The first-order chi connectivity index (χ1) is 17.9. The van der Waals surface area contributed by atoms with Crippen LogP contribution < -0.4 is 9.80 Å². The first-order valence-electron chi connectivity index (χ1n) is 12.6. The van der Waals surface area contributed by atoms with Crippen molar-refractivity contribution in [2.24, 2.45) is 0 Å². The molecule has 0 spiro atoms. The molecule has 0 heterocycles. The molecular weight excluding hydrogens is 472 g/mol. The average molecular weight is 503 g/mol. The van der Waals surface area contributed by atoms with Gasteiger partial charge >= 0.3 is 0 Å². The molecule has 5 aromatic rings. The summed E-state index contributed by atoms with van der Waals surface area (Å²) in [6, 6.07) is 46.4. The van der Waals surface area contributed by atoms with Crippen molar-refractivity contribution in [2.45, 2.75) is 26.2 Å². The van der Waals surface area contributed by atoms with Gasteiger partial charge in [-0.1, -0.05) is 93.0 Å². The van der Waals surface area contributed by atoms with Crippen molar-refractivity contribution in [2.75, 3.05) is 9.80 Å². The minimum absolute atomic E-state index is 0.0551. The van der Waals surface area contributed by atoms with Crippen LogP contribution in [0.1, 0.15) is 26.3 Å². The molecule has 2 nitrogen and oxygen atoms in total. The fourth-order valence-electron chi connectivity index (χ4n) is 4.53. The largest absolute Gasteiger partial charge is 0.310 e. The van der Waals surface area contributed by atoms with E-state index in [1.165, 1.54) is 5.56 Å². The van der Waals surface area contributed by atoms with E-state index < -0.39 is 0 Å². The molecule has 0 aromatic heterocycles. The van der Waals surface area contributed by atoms with Crippen LogP contribution >= 0.6 is 11.6 Å². The summed E-state index contributed by atoms with van der Waals surface area (Å²) in [4.78, 5) is 4.60. The molecule has 0 atom stereocenters. The standard InChI is InChI=1S/C34H31ClN2/c1-34(2,3)26-22-32(36(28-15-7-4-8-16-28)29-17-9-5-10-18-29)25-33(23-26)37(30-19-11-6-12-20-30)31-21-13-14-27(35)24-31/h4-25H,1-3H3. The van der Waals surface area contributed by atoms with E-state index in [1.807, 2.05) is 24.3 Å². The van der Waals surface area contributed by atoms with Crippen LogP contribution in [-0.4, -0.2) is 0 Å². The zero-order valence-corrected chi connectivity index (χ0v) is 22.2. The van der Waals surface area contributed by atoms with E-state index in [0.717, 1.165) is 34.1 Å². The van der Waals surface area contributed by atoms with Crippen molar-refractivity contribution in [3.63, 3.8) is 0 Å². The van der Waals surface area contributed by atoms with Crippen LogP contribution in [0.25, 0.3) is 0 Å². The third kappa shape index (κ3) is 5.55. The summed E-state index contributed by atoms with van der Waals surface area (Å²) < 4.78 is 0. The first-order valence-corrected chi connectivity index (χ1v) is 12.9. The lowest BCUT2D eigenvalue weighted by molar-refractivity contribution is 0.590. The fourth-order valence-corrected chi connectivity index (χ4v) is 4.71.